The summed E-state index contributed by atoms with van der Waals surface area (Å²) < 4.78 is 33.3. The molecule has 2 aromatic carbocycles. The number of benzene rings is 2. The van der Waals surface area contributed by atoms with Crippen LogP contribution in [0.4, 0.5) is 5.82 Å². The molecule has 27 heavy (non-hydrogen) atoms. The highest BCUT2D eigenvalue weighted by molar-refractivity contribution is 7.92. The Balaban J connectivity index is 1.76. The lowest BCUT2D eigenvalue weighted by Crippen LogP contribution is -2.15. The molecular formula is C20H21N3O3S. The highest BCUT2D eigenvalue weighted by atomic mass is 32.2. The number of hydrogen-bond donors (Lipinski definition) is 1. The van der Waals surface area contributed by atoms with Gasteiger partial charge in [0.2, 0.25) is 5.82 Å². The monoisotopic (exact) mass is 383 g/mol. The summed E-state index contributed by atoms with van der Waals surface area (Å²) in [6, 6.07) is 14.6. The Morgan fingerprint density at radius 2 is 1.56 bits per heavy atom. The number of hydrogen-bond acceptors (Lipinski definition) is 5. The van der Waals surface area contributed by atoms with Gasteiger partial charge in [-0.05, 0) is 36.6 Å². The highest BCUT2D eigenvalue weighted by Gasteiger charge is 2.18. The minimum atomic E-state index is -3.78. The summed E-state index contributed by atoms with van der Waals surface area (Å²) in [6.45, 7) is 4.25. The maximum atomic E-state index is 12.6. The fourth-order valence-corrected chi connectivity index (χ4v) is 3.43. The van der Waals surface area contributed by atoms with E-state index in [2.05, 4.69) is 21.6 Å². The van der Waals surface area contributed by atoms with E-state index in [4.69, 9.17) is 4.74 Å². The number of rotatable bonds is 7. The molecule has 3 rings (SSSR count). The summed E-state index contributed by atoms with van der Waals surface area (Å²) in [6.07, 6.45) is 3.84. The van der Waals surface area contributed by atoms with Crippen molar-refractivity contribution >= 4 is 15.8 Å². The number of ether oxygens (including phenoxy) is 1. The van der Waals surface area contributed by atoms with Crippen LogP contribution >= 0.6 is 0 Å². The molecule has 0 atom stereocenters. The fourth-order valence-electron chi connectivity index (χ4n) is 2.43. The van der Waals surface area contributed by atoms with Gasteiger partial charge in [-0.1, -0.05) is 48.9 Å². The maximum absolute atomic E-state index is 12.6. The van der Waals surface area contributed by atoms with Crippen LogP contribution in [0.15, 0.2) is 65.8 Å². The number of sulfonamides is 1. The van der Waals surface area contributed by atoms with E-state index in [0.717, 1.165) is 17.5 Å². The third-order valence-corrected chi connectivity index (χ3v) is 5.39. The highest BCUT2D eigenvalue weighted by Crippen LogP contribution is 2.23. The Hall–Kier alpha value is -2.93. The lowest BCUT2D eigenvalue weighted by atomic mass is 10.1. The average molecular weight is 383 g/mol. The van der Waals surface area contributed by atoms with Crippen LogP contribution in [0.2, 0.25) is 0 Å². The fraction of sp³-hybridized carbons (Fsp3) is 0.200. The third kappa shape index (κ3) is 4.83. The van der Waals surface area contributed by atoms with Gasteiger partial charge in [0, 0.05) is 12.4 Å². The van der Waals surface area contributed by atoms with Gasteiger partial charge in [0.1, 0.15) is 6.61 Å². The molecule has 1 aromatic heterocycles. The van der Waals surface area contributed by atoms with E-state index in [1.54, 1.807) is 24.3 Å². The van der Waals surface area contributed by atoms with Gasteiger partial charge in [0.15, 0.2) is 0 Å². The van der Waals surface area contributed by atoms with Gasteiger partial charge in [-0.25, -0.2) is 18.4 Å². The minimum Gasteiger partial charge on any atom is -0.470 e. The molecule has 0 bridgehead atoms. The summed E-state index contributed by atoms with van der Waals surface area (Å²) in [5.41, 5.74) is 3.18. The van der Waals surface area contributed by atoms with Gasteiger partial charge in [-0.15, -0.1) is 0 Å². The smallest absolute Gasteiger partial charge is 0.263 e. The van der Waals surface area contributed by atoms with Crippen LogP contribution in [0.25, 0.3) is 0 Å². The van der Waals surface area contributed by atoms with Gasteiger partial charge in [0.05, 0.1) is 4.90 Å². The van der Waals surface area contributed by atoms with Gasteiger partial charge in [-0.2, -0.15) is 0 Å². The van der Waals surface area contributed by atoms with Crippen LogP contribution in [-0.4, -0.2) is 18.4 Å². The summed E-state index contributed by atoms with van der Waals surface area (Å²) in [5.74, 6) is 0.191. The molecule has 0 saturated heterocycles. The van der Waals surface area contributed by atoms with Crippen LogP contribution in [0, 0.1) is 6.92 Å². The average Bonchev–Trinajstić information content (AvgIpc) is 2.68. The Kier molecular flexibility index (Phi) is 5.71. The van der Waals surface area contributed by atoms with Crippen LogP contribution in [0.3, 0.4) is 0 Å². The zero-order valence-corrected chi connectivity index (χ0v) is 16.0. The molecule has 1 heterocycles. The van der Waals surface area contributed by atoms with Gasteiger partial charge in [-0.3, -0.25) is 4.72 Å². The first-order valence-electron chi connectivity index (χ1n) is 8.59. The van der Waals surface area contributed by atoms with E-state index >= 15 is 0 Å². The van der Waals surface area contributed by atoms with Crippen LogP contribution in [0.5, 0.6) is 5.88 Å². The molecule has 140 valence electrons. The lowest BCUT2D eigenvalue weighted by Gasteiger charge is -2.12. The Bertz CT molecular complexity index is 1000. The number of aryl methyl sites for hydroxylation is 2. The van der Waals surface area contributed by atoms with Crippen molar-refractivity contribution in [2.24, 2.45) is 0 Å². The molecule has 0 spiro atoms. The third-order valence-electron chi connectivity index (χ3n) is 4.03. The molecule has 0 amide bonds. The number of nitrogens with zero attached hydrogens (tertiary/aromatic N) is 2. The van der Waals surface area contributed by atoms with Crippen molar-refractivity contribution in [3.8, 4) is 5.88 Å². The quantitative estimate of drug-likeness (QED) is 0.672. The normalized spacial score (nSPS) is 11.2. The molecule has 6 nitrogen and oxygen atoms in total. The molecule has 7 heteroatoms. The summed E-state index contributed by atoms with van der Waals surface area (Å²) in [7, 11) is -3.78. The predicted molar refractivity (Wildman–Crippen MR) is 104 cm³/mol. The van der Waals surface area contributed by atoms with Crippen molar-refractivity contribution in [3.05, 3.63) is 77.6 Å². The van der Waals surface area contributed by atoms with Crippen molar-refractivity contribution in [1.82, 2.24) is 9.97 Å². The van der Waals surface area contributed by atoms with Gasteiger partial charge in [0.25, 0.3) is 15.9 Å². The van der Waals surface area contributed by atoms with E-state index in [-0.39, 0.29) is 23.2 Å². The number of nitrogens with one attached hydrogen (secondary N) is 1. The Morgan fingerprint density at radius 1 is 0.926 bits per heavy atom. The second-order valence-electron chi connectivity index (χ2n) is 6.09. The standard InChI is InChI=1S/C20H21N3O3S/c1-3-16-6-8-17(9-7-16)14-26-20-19(21-12-13-22-20)23-27(24,25)18-10-4-15(2)5-11-18/h4-13H,3,14H2,1-2H3,(H,21,23). The van der Waals surface area contributed by atoms with Gasteiger partial charge >= 0.3 is 0 Å². The lowest BCUT2D eigenvalue weighted by molar-refractivity contribution is 0.294. The Labute approximate surface area is 159 Å². The molecule has 0 aliphatic rings. The van der Waals surface area contributed by atoms with E-state index in [1.807, 2.05) is 31.2 Å². The molecular weight excluding hydrogens is 362 g/mol. The second-order valence-corrected chi connectivity index (χ2v) is 7.77. The first kappa shape index (κ1) is 18.8. The SMILES string of the molecule is CCc1ccc(COc2nccnc2NS(=O)(=O)c2ccc(C)cc2)cc1. The van der Waals surface area contributed by atoms with Crippen molar-refractivity contribution in [2.75, 3.05) is 4.72 Å². The maximum Gasteiger partial charge on any atom is 0.263 e. The second kappa shape index (κ2) is 8.18. The zero-order chi connectivity index (χ0) is 19.3. The first-order valence-corrected chi connectivity index (χ1v) is 10.1. The molecule has 1 N–H and O–H groups in total. The van der Waals surface area contributed by atoms with E-state index < -0.39 is 10.0 Å². The molecule has 3 aromatic rings. The van der Waals surface area contributed by atoms with Crippen LogP contribution in [-0.2, 0) is 23.1 Å². The van der Waals surface area contributed by atoms with Gasteiger partial charge < -0.3 is 4.74 Å². The van der Waals surface area contributed by atoms with Crippen molar-refractivity contribution < 1.29 is 13.2 Å². The first-order chi connectivity index (χ1) is 13.0. The van der Waals surface area contributed by atoms with Crippen LogP contribution < -0.4 is 9.46 Å². The van der Waals surface area contributed by atoms with Crippen LogP contribution in [0.1, 0.15) is 23.6 Å². The largest absolute Gasteiger partial charge is 0.470 e. The topological polar surface area (TPSA) is 81.2 Å². The summed E-state index contributed by atoms with van der Waals surface area (Å²) in [5, 5.41) is 0. The Morgan fingerprint density at radius 3 is 2.22 bits per heavy atom. The summed E-state index contributed by atoms with van der Waals surface area (Å²) >= 11 is 0. The van der Waals surface area contributed by atoms with Crippen molar-refractivity contribution in [1.29, 1.82) is 0 Å². The molecule has 0 saturated carbocycles. The number of aromatic nitrogens is 2. The van der Waals surface area contributed by atoms with E-state index in [1.165, 1.54) is 18.0 Å². The molecule has 0 aliphatic heterocycles. The molecule has 0 fully saturated rings. The zero-order valence-electron chi connectivity index (χ0n) is 15.2. The van der Waals surface area contributed by atoms with Crippen molar-refractivity contribution in [3.63, 3.8) is 0 Å². The van der Waals surface area contributed by atoms with Crippen molar-refractivity contribution in [2.45, 2.75) is 31.8 Å². The van der Waals surface area contributed by atoms with E-state index in [9.17, 15) is 8.42 Å². The summed E-state index contributed by atoms with van der Waals surface area (Å²) in [4.78, 5) is 8.33. The molecule has 0 unspecified atom stereocenters. The minimum absolute atomic E-state index is 0.0586. The number of anilines is 1. The molecule has 0 aliphatic carbocycles. The predicted octanol–water partition coefficient (Wildman–Crippen LogP) is 3.73. The molecule has 0 radical (unpaired) electrons. The van der Waals surface area contributed by atoms with E-state index in [0.29, 0.717) is 0 Å².